The van der Waals surface area contributed by atoms with Crippen LogP contribution in [0.5, 0.6) is 11.5 Å². The monoisotopic (exact) mass is 316 g/mol. The zero-order chi connectivity index (χ0) is 15.9. The molecular formula is C17H20N2O2S. The molecule has 0 saturated heterocycles. The Morgan fingerprint density at radius 1 is 1.05 bits per heavy atom. The molecule has 5 heteroatoms. The van der Waals surface area contributed by atoms with Crippen LogP contribution in [0.3, 0.4) is 0 Å². The molecule has 4 N–H and O–H groups in total. The van der Waals surface area contributed by atoms with Crippen molar-refractivity contribution >= 4 is 17.3 Å². The highest BCUT2D eigenvalue weighted by atomic mass is 32.1. The van der Waals surface area contributed by atoms with Crippen LogP contribution in [-0.4, -0.2) is 21.9 Å². The summed E-state index contributed by atoms with van der Waals surface area (Å²) in [6.45, 7) is 2.57. The summed E-state index contributed by atoms with van der Waals surface area (Å²) < 4.78 is 0. The van der Waals surface area contributed by atoms with Crippen LogP contribution < -0.4 is 10.6 Å². The summed E-state index contributed by atoms with van der Waals surface area (Å²) in [6, 6.07) is 14.9. The summed E-state index contributed by atoms with van der Waals surface area (Å²) in [6.07, 6.45) is 0.486. The third-order valence-corrected chi connectivity index (χ3v) is 3.70. The summed E-state index contributed by atoms with van der Waals surface area (Å²) in [5, 5.41) is 26.3. The van der Waals surface area contributed by atoms with Crippen molar-refractivity contribution in [2.24, 2.45) is 0 Å². The molecular weight excluding hydrogens is 296 g/mol. The molecule has 0 aromatic heterocycles. The predicted octanol–water partition coefficient (Wildman–Crippen LogP) is 2.87. The second-order valence-electron chi connectivity index (χ2n) is 5.06. The Bertz CT molecular complexity index is 612. The Morgan fingerprint density at radius 2 is 1.68 bits per heavy atom. The fraction of sp³-hybridized carbons (Fsp3) is 0.235. The Morgan fingerprint density at radius 3 is 2.32 bits per heavy atom. The highest BCUT2D eigenvalue weighted by Gasteiger charge is 2.08. The van der Waals surface area contributed by atoms with Crippen LogP contribution in [0.2, 0.25) is 0 Å². The van der Waals surface area contributed by atoms with E-state index in [2.05, 4.69) is 10.6 Å². The topological polar surface area (TPSA) is 64.5 Å². The number of benzene rings is 2. The van der Waals surface area contributed by atoms with E-state index in [9.17, 15) is 10.2 Å². The molecule has 22 heavy (non-hydrogen) atoms. The minimum absolute atomic E-state index is 0.0957. The van der Waals surface area contributed by atoms with E-state index in [1.165, 1.54) is 0 Å². The number of hydrogen-bond donors (Lipinski definition) is 4. The number of phenols is 2. The second kappa shape index (κ2) is 7.66. The van der Waals surface area contributed by atoms with Crippen LogP contribution in [0.1, 0.15) is 24.1 Å². The van der Waals surface area contributed by atoms with Gasteiger partial charge in [-0.15, -0.1) is 0 Å². The van der Waals surface area contributed by atoms with E-state index in [-0.39, 0.29) is 17.5 Å². The number of nitrogens with one attached hydrogen (secondary N) is 2. The van der Waals surface area contributed by atoms with Gasteiger partial charge in [0.15, 0.2) is 5.11 Å². The fourth-order valence-electron chi connectivity index (χ4n) is 2.19. The van der Waals surface area contributed by atoms with Crippen LogP contribution in [0.25, 0.3) is 0 Å². The van der Waals surface area contributed by atoms with E-state index >= 15 is 0 Å². The Hall–Kier alpha value is -2.27. The molecule has 0 fully saturated rings. The molecule has 0 heterocycles. The molecule has 0 spiro atoms. The number of aromatic hydroxyl groups is 2. The first-order valence-electron chi connectivity index (χ1n) is 7.17. The van der Waals surface area contributed by atoms with Crippen LogP contribution in [-0.2, 0) is 6.42 Å². The van der Waals surface area contributed by atoms with E-state index in [0.29, 0.717) is 23.6 Å². The van der Waals surface area contributed by atoms with Crippen molar-refractivity contribution in [1.29, 1.82) is 0 Å². The third-order valence-electron chi connectivity index (χ3n) is 3.43. The largest absolute Gasteiger partial charge is 0.508 e. The molecule has 4 nitrogen and oxygen atoms in total. The van der Waals surface area contributed by atoms with Gasteiger partial charge in [0.25, 0.3) is 0 Å². The lowest BCUT2D eigenvalue weighted by Crippen LogP contribution is -2.37. The van der Waals surface area contributed by atoms with Gasteiger partial charge in [0.2, 0.25) is 0 Å². The first-order valence-corrected chi connectivity index (χ1v) is 7.58. The van der Waals surface area contributed by atoms with E-state index in [0.717, 1.165) is 5.56 Å². The molecule has 0 amide bonds. The molecule has 0 aliphatic rings. The summed E-state index contributed by atoms with van der Waals surface area (Å²) >= 11 is 5.26. The van der Waals surface area contributed by atoms with Gasteiger partial charge in [-0.3, -0.25) is 0 Å². The Kier molecular flexibility index (Phi) is 5.61. The average Bonchev–Trinajstić information content (AvgIpc) is 2.51. The minimum Gasteiger partial charge on any atom is -0.508 e. The van der Waals surface area contributed by atoms with Crippen LogP contribution in [0.4, 0.5) is 0 Å². The Labute approximate surface area is 135 Å². The molecule has 2 rings (SSSR count). The SMILES string of the molecule is C[C@@H](NC(=S)NCCc1c(O)cccc1O)c1ccccc1. The van der Waals surface area contributed by atoms with E-state index in [1.807, 2.05) is 37.3 Å². The van der Waals surface area contributed by atoms with E-state index in [1.54, 1.807) is 18.2 Å². The maximum absolute atomic E-state index is 9.71. The van der Waals surface area contributed by atoms with Crippen molar-refractivity contribution in [3.05, 3.63) is 59.7 Å². The molecule has 1 atom stereocenters. The van der Waals surface area contributed by atoms with E-state index in [4.69, 9.17) is 12.2 Å². The molecule has 116 valence electrons. The van der Waals surface area contributed by atoms with Crippen LogP contribution in [0, 0.1) is 0 Å². The summed E-state index contributed by atoms with van der Waals surface area (Å²) in [5.74, 6) is 0.191. The standard InChI is InChI=1S/C17H20N2O2S/c1-12(13-6-3-2-4-7-13)19-17(22)18-11-10-14-15(20)8-5-9-16(14)21/h2-9,12,20-21H,10-11H2,1H3,(H2,18,19,22)/t12-/m1/s1. The van der Waals surface area contributed by atoms with Gasteiger partial charge in [0.1, 0.15) is 11.5 Å². The summed E-state index contributed by atoms with van der Waals surface area (Å²) in [7, 11) is 0. The van der Waals surface area contributed by atoms with Gasteiger partial charge in [-0.1, -0.05) is 36.4 Å². The maximum Gasteiger partial charge on any atom is 0.166 e. The average molecular weight is 316 g/mol. The normalized spacial score (nSPS) is 11.7. The van der Waals surface area contributed by atoms with Crippen molar-refractivity contribution in [1.82, 2.24) is 10.6 Å². The summed E-state index contributed by atoms with van der Waals surface area (Å²) in [4.78, 5) is 0. The van der Waals surface area contributed by atoms with Crippen LogP contribution in [0.15, 0.2) is 48.5 Å². The fourth-order valence-corrected chi connectivity index (χ4v) is 2.47. The number of phenolic OH excluding ortho intramolecular Hbond substituents is 2. The molecule has 0 unspecified atom stereocenters. The second-order valence-corrected chi connectivity index (χ2v) is 5.47. The van der Waals surface area contributed by atoms with Crippen molar-refractivity contribution in [3.8, 4) is 11.5 Å². The van der Waals surface area contributed by atoms with Gasteiger partial charge >= 0.3 is 0 Å². The van der Waals surface area contributed by atoms with Gasteiger partial charge in [-0.05, 0) is 43.3 Å². The molecule has 0 aliphatic heterocycles. The molecule has 2 aromatic rings. The van der Waals surface area contributed by atoms with Crippen molar-refractivity contribution in [3.63, 3.8) is 0 Å². The van der Waals surface area contributed by atoms with Gasteiger partial charge in [-0.25, -0.2) is 0 Å². The van der Waals surface area contributed by atoms with Gasteiger partial charge in [0.05, 0.1) is 6.04 Å². The molecule has 0 radical (unpaired) electrons. The lowest BCUT2D eigenvalue weighted by molar-refractivity contribution is 0.438. The van der Waals surface area contributed by atoms with Crippen molar-refractivity contribution < 1.29 is 10.2 Å². The summed E-state index contributed by atoms with van der Waals surface area (Å²) in [5.41, 5.74) is 1.68. The Balaban J connectivity index is 1.81. The molecule has 0 aliphatic carbocycles. The molecule has 0 bridgehead atoms. The lowest BCUT2D eigenvalue weighted by Gasteiger charge is -2.17. The van der Waals surface area contributed by atoms with E-state index < -0.39 is 0 Å². The predicted molar refractivity (Wildman–Crippen MR) is 92.1 cm³/mol. The van der Waals surface area contributed by atoms with Gasteiger partial charge < -0.3 is 20.8 Å². The smallest absolute Gasteiger partial charge is 0.166 e. The first kappa shape index (κ1) is 16.1. The lowest BCUT2D eigenvalue weighted by atomic mass is 10.1. The number of hydrogen-bond acceptors (Lipinski definition) is 3. The quantitative estimate of drug-likeness (QED) is 0.639. The van der Waals surface area contributed by atoms with Crippen molar-refractivity contribution in [2.75, 3.05) is 6.54 Å². The maximum atomic E-state index is 9.71. The van der Waals surface area contributed by atoms with Gasteiger partial charge in [0, 0.05) is 12.1 Å². The van der Waals surface area contributed by atoms with Gasteiger partial charge in [-0.2, -0.15) is 0 Å². The number of thiocarbonyl (C=S) groups is 1. The highest BCUT2D eigenvalue weighted by molar-refractivity contribution is 7.80. The zero-order valence-corrected chi connectivity index (χ0v) is 13.2. The zero-order valence-electron chi connectivity index (χ0n) is 12.4. The van der Waals surface area contributed by atoms with Crippen LogP contribution >= 0.6 is 12.2 Å². The highest BCUT2D eigenvalue weighted by Crippen LogP contribution is 2.26. The molecule has 0 saturated carbocycles. The number of rotatable bonds is 5. The first-order chi connectivity index (χ1) is 10.6. The van der Waals surface area contributed by atoms with Crippen molar-refractivity contribution in [2.45, 2.75) is 19.4 Å². The third kappa shape index (κ3) is 4.36. The molecule has 2 aromatic carbocycles. The minimum atomic E-state index is 0.0957.